The molecule has 0 spiro atoms. The Morgan fingerprint density at radius 3 is 2.57 bits per heavy atom. The Bertz CT molecular complexity index is 462. The van der Waals surface area contributed by atoms with Crippen LogP contribution in [0.5, 0.6) is 5.75 Å². The second-order valence-corrected chi connectivity index (χ2v) is 4.92. The fourth-order valence-electron chi connectivity index (χ4n) is 2.16. The van der Waals surface area contributed by atoms with Crippen LogP contribution in [0.2, 0.25) is 0 Å². The summed E-state index contributed by atoms with van der Waals surface area (Å²) in [5.41, 5.74) is -0.0310. The van der Waals surface area contributed by atoms with E-state index in [9.17, 15) is 18.7 Å². The second-order valence-electron chi connectivity index (χ2n) is 4.92. The quantitative estimate of drug-likeness (QED) is 0.735. The summed E-state index contributed by atoms with van der Waals surface area (Å²) in [6.45, 7) is 1.56. The molecule has 0 aromatic heterocycles. The fourth-order valence-corrected chi connectivity index (χ4v) is 2.16. The predicted molar refractivity (Wildman–Crippen MR) is 75.4 cm³/mol. The molecule has 0 aliphatic rings. The number of alkyl halides is 2. The Balaban J connectivity index is 2.61. The highest BCUT2D eigenvalue weighted by Gasteiger charge is 2.34. The highest BCUT2D eigenvalue weighted by Crippen LogP contribution is 2.26. The van der Waals surface area contributed by atoms with Crippen LogP contribution in [-0.2, 0) is 11.3 Å². The van der Waals surface area contributed by atoms with Gasteiger partial charge in [0.25, 0.3) is 0 Å². The minimum Gasteiger partial charge on any atom is -0.481 e. The van der Waals surface area contributed by atoms with Crippen LogP contribution in [0, 0.1) is 5.41 Å². The van der Waals surface area contributed by atoms with Crippen LogP contribution in [0.3, 0.4) is 0 Å². The lowest BCUT2D eigenvalue weighted by Gasteiger charge is -2.27. The molecule has 6 heteroatoms. The van der Waals surface area contributed by atoms with Crippen molar-refractivity contribution in [1.29, 1.82) is 0 Å². The first-order chi connectivity index (χ1) is 9.93. The Labute approximate surface area is 123 Å². The molecule has 2 N–H and O–H groups in total. The Morgan fingerprint density at radius 1 is 1.38 bits per heavy atom. The first-order valence-corrected chi connectivity index (χ1v) is 6.91. The molecule has 0 fully saturated rings. The normalized spacial score (nSPS) is 11.7. The van der Waals surface area contributed by atoms with Crippen LogP contribution in [0.4, 0.5) is 8.78 Å². The van der Waals surface area contributed by atoms with Gasteiger partial charge in [-0.15, -0.1) is 0 Å². The number of hydrogen-bond acceptors (Lipinski definition) is 3. The van der Waals surface area contributed by atoms with Gasteiger partial charge >= 0.3 is 12.6 Å². The molecule has 0 atom stereocenters. The maximum absolute atomic E-state index is 12.1. The van der Waals surface area contributed by atoms with Gasteiger partial charge in [0, 0.05) is 13.1 Å². The molecule has 0 bridgehead atoms. The smallest absolute Gasteiger partial charge is 0.387 e. The number of halogens is 2. The Hall–Kier alpha value is -1.69. The number of nitrogens with one attached hydrogen (secondary N) is 1. The van der Waals surface area contributed by atoms with Crippen LogP contribution in [0.15, 0.2) is 24.3 Å². The molecule has 0 saturated heterocycles. The van der Waals surface area contributed by atoms with Crippen LogP contribution >= 0.6 is 0 Å². The topological polar surface area (TPSA) is 58.6 Å². The van der Waals surface area contributed by atoms with Crippen molar-refractivity contribution in [2.45, 2.75) is 39.8 Å². The zero-order chi connectivity index (χ0) is 15.9. The Morgan fingerprint density at radius 2 is 2.05 bits per heavy atom. The minimum atomic E-state index is -2.85. The van der Waals surface area contributed by atoms with Crippen LogP contribution < -0.4 is 10.1 Å². The summed E-state index contributed by atoms with van der Waals surface area (Å²) in [4.78, 5) is 11.4. The van der Waals surface area contributed by atoms with Gasteiger partial charge in [0.15, 0.2) is 0 Å². The molecule has 0 saturated carbocycles. The first kappa shape index (κ1) is 17.4. The number of carboxylic acid groups (broad SMARTS) is 1. The lowest BCUT2D eigenvalue weighted by atomic mass is 9.82. The summed E-state index contributed by atoms with van der Waals surface area (Å²) in [5.74, 6) is -0.727. The summed E-state index contributed by atoms with van der Waals surface area (Å²) in [5, 5.41) is 12.4. The van der Waals surface area contributed by atoms with Gasteiger partial charge in [-0.05, 0) is 30.5 Å². The third-order valence-electron chi connectivity index (χ3n) is 3.72. The number of rotatable bonds is 9. The molecule has 0 aliphatic carbocycles. The third kappa shape index (κ3) is 4.97. The number of aliphatic carboxylic acids is 1. The van der Waals surface area contributed by atoms with E-state index in [0.717, 1.165) is 5.56 Å². The van der Waals surface area contributed by atoms with Crippen LogP contribution in [-0.4, -0.2) is 24.2 Å². The monoisotopic (exact) mass is 301 g/mol. The molecule has 1 aromatic carbocycles. The van der Waals surface area contributed by atoms with Gasteiger partial charge < -0.3 is 15.2 Å². The summed E-state index contributed by atoms with van der Waals surface area (Å²) in [6.07, 6.45) is 1.06. The van der Waals surface area contributed by atoms with E-state index in [-0.39, 0.29) is 5.75 Å². The zero-order valence-electron chi connectivity index (χ0n) is 12.2. The van der Waals surface area contributed by atoms with Crippen molar-refractivity contribution >= 4 is 5.97 Å². The van der Waals surface area contributed by atoms with E-state index in [0.29, 0.717) is 25.9 Å². The molecule has 0 amide bonds. The molecule has 21 heavy (non-hydrogen) atoms. The molecular formula is C15H21F2NO3. The first-order valence-electron chi connectivity index (χ1n) is 6.91. The van der Waals surface area contributed by atoms with Crippen molar-refractivity contribution < 1.29 is 23.4 Å². The molecule has 4 nitrogen and oxygen atoms in total. The van der Waals surface area contributed by atoms with E-state index in [1.807, 2.05) is 13.8 Å². The van der Waals surface area contributed by atoms with E-state index in [2.05, 4.69) is 10.1 Å². The van der Waals surface area contributed by atoms with Crippen LogP contribution in [0.1, 0.15) is 32.3 Å². The van der Waals surface area contributed by atoms with Crippen molar-refractivity contribution in [3.8, 4) is 5.75 Å². The van der Waals surface area contributed by atoms with Crippen molar-refractivity contribution in [1.82, 2.24) is 5.32 Å². The van der Waals surface area contributed by atoms with Crippen molar-refractivity contribution in [2.24, 2.45) is 5.41 Å². The fraction of sp³-hybridized carbons (Fsp3) is 0.533. The Kier molecular flexibility index (Phi) is 6.55. The van der Waals surface area contributed by atoms with Gasteiger partial charge in [-0.1, -0.05) is 26.0 Å². The van der Waals surface area contributed by atoms with Crippen LogP contribution in [0.25, 0.3) is 0 Å². The lowest BCUT2D eigenvalue weighted by molar-refractivity contribution is -0.149. The molecule has 0 heterocycles. The van der Waals surface area contributed by atoms with Gasteiger partial charge in [0.2, 0.25) is 0 Å². The number of carbonyl (C=O) groups is 1. The van der Waals surface area contributed by atoms with E-state index in [1.54, 1.807) is 12.1 Å². The van der Waals surface area contributed by atoms with E-state index < -0.39 is 18.0 Å². The zero-order valence-corrected chi connectivity index (χ0v) is 12.2. The van der Waals surface area contributed by atoms with E-state index in [1.165, 1.54) is 12.1 Å². The second kappa shape index (κ2) is 7.93. The highest BCUT2D eigenvalue weighted by atomic mass is 19.3. The molecule has 1 rings (SSSR count). The molecule has 0 unspecified atom stereocenters. The van der Waals surface area contributed by atoms with E-state index in [4.69, 9.17) is 0 Å². The molecule has 0 radical (unpaired) electrons. The largest absolute Gasteiger partial charge is 0.481 e. The SMILES string of the molecule is CCC(CC)(CNCc1cccc(OC(F)F)c1)C(=O)O. The van der Waals surface area contributed by atoms with Crippen molar-refractivity contribution in [2.75, 3.05) is 6.54 Å². The number of benzene rings is 1. The summed E-state index contributed by atoms with van der Waals surface area (Å²) in [7, 11) is 0. The van der Waals surface area contributed by atoms with Crippen molar-refractivity contribution in [3.63, 3.8) is 0 Å². The van der Waals surface area contributed by atoms with Gasteiger partial charge in [-0.3, -0.25) is 4.79 Å². The summed E-state index contributed by atoms with van der Waals surface area (Å²) < 4.78 is 28.6. The maximum atomic E-state index is 12.1. The van der Waals surface area contributed by atoms with Gasteiger partial charge in [0.1, 0.15) is 5.75 Å². The van der Waals surface area contributed by atoms with Crippen molar-refractivity contribution in [3.05, 3.63) is 29.8 Å². The number of ether oxygens (including phenoxy) is 1. The number of hydrogen-bond donors (Lipinski definition) is 2. The average Bonchev–Trinajstić information content (AvgIpc) is 2.43. The maximum Gasteiger partial charge on any atom is 0.387 e. The molecule has 1 aromatic rings. The summed E-state index contributed by atoms with van der Waals surface area (Å²) in [6, 6.07) is 6.36. The van der Waals surface area contributed by atoms with Gasteiger partial charge in [0.05, 0.1) is 5.41 Å². The third-order valence-corrected chi connectivity index (χ3v) is 3.72. The molecular weight excluding hydrogens is 280 g/mol. The molecule has 0 aliphatic heterocycles. The lowest BCUT2D eigenvalue weighted by Crippen LogP contribution is -2.40. The van der Waals surface area contributed by atoms with Gasteiger partial charge in [-0.2, -0.15) is 8.78 Å². The predicted octanol–water partition coefficient (Wildman–Crippen LogP) is 3.27. The minimum absolute atomic E-state index is 0.0970. The highest BCUT2D eigenvalue weighted by molar-refractivity contribution is 5.74. The van der Waals surface area contributed by atoms with Gasteiger partial charge in [-0.25, -0.2) is 0 Å². The van der Waals surface area contributed by atoms with E-state index >= 15 is 0 Å². The standard InChI is InChI=1S/C15H21F2NO3/c1-3-15(4-2,13(19)20)10-18-9-11-6-5-7-12(8-11)21-14(16)17/h5-8,14,18H,3-4,9-10H2,1-2H3,(H,19,20). The summed E-state index contributed by atoms with van der Waals surface area (Å²) >= 11 is 0. The average molecular weight is 301 g/mol. The number of carboxylic acids is 1. The molecule has 118 valence electrons.